The lowest BCUT2D eigenvalue weighted by Crippen LogP contribution is -2.23. The van der Waals surface area contributed by atoms with Crippen LogP contribution in [0.4, 0.5) is 0 Å². The Hall–Kier alpha value is -1.08. The molecular formula is C11H10Cl2N2O3S. The van der Waals surface area contributed by atoms with E-state index in [-0.39, 0.29) is 16.5 Å². The summed E-state index contributed by atoms with van der Waals surface area (Å²) in [5.74, 6) is 0.907. The van der Waals surface area contributed by atoms with Crippen LogP contribution in [0.15, 0.2) is 33.7 Å². The summed E-state index contributed by atoms with van der Waals surface area (Å²) in [5.41, 5.74) is 0. The molecule has 0 fully saturated rings. The van der Waals surface area contributed by atoms with Crippen LogP contribution in [0, 0.1) is 6.92 Å². The Morgan fingerprint density at radius 3 is 2.63 bits per heavy atom. The topological polar surface area (TPSA) is 72.2 Å². The van der Waals surface area contributed by atoms with Crippen LogP contribution in [0.1, 0.15) is 11.7 Å². The van der Waals surface area contributed by atoms with E-state index in [4.69, 9.17) is 27.6 Å². The van der Waals surface area contributed by atoms with Crippen molar-refractivity contribution in [1.82, 2.24) is 9.71 Å². The lowest BCUT2D eigenvalue weighted by Gasteiger charge is -2.06. The number of sulfonamides is 1. The van der Waals surface area contributed by atoms with Gasteiger partial charge in [-0.25, -0.2) is 18.1 Å². The Morgan fingerprint density at radius 1 is 1.32 bits per heavy atom. The molecule has 2 aromatic rings. The summed E-state index contributed by atoms with van der Waals surface area (Å²) >= 11 is 11.5. The number of aromatic nitrogens is 1. The maximum Gasteiger partial charge on any atom is 0.241 e. The van der Waals surface area contributed by atoms with E-state index in [1.165, 1.54) is 24.4 Å². The summed E-state index contributed by atoms with van der Waals surface area (Å²) in [6.45, 7) is 1.69. The van der Waals surface area contributed by atoms with Crippen LogP contribution < -0.4 is 4.72 Å². The summed E-state index contributed by atoms with van der Waals surface area (Å²) in [4.78, 5) is 3.94. The molecule has 2 rings (SSSR count). The van der Waals surface area contributed by atoms with Crippen molar-refractivity contribution in [2.24, 2.45) is 0 Å². The standard InChI is InChI=1S/C11H10Cl2N2O3S/c1-7-5-14-11(18-7)6-15-19(16,17)8-2-3-9(12)10(13)4-8/h2-5,15H,6H2,1H3. The number of oxazole rings is 1. The molecule has 0 radical (unpaired) electrons. The van der Waals surface area contributed by atoms with Crippen molar-refractivity contribution >= 4 is 33.2 Å². The summed E-state index contributed by atoms with van der Waals surface area (Å²) in [6.07, 6.45) is 1.52. The highest BCUT2D eigenvalue weighted by Crippen LogP contribution is 2.24. The minimum atomic E-state index is -3.68. The monoisotopic (exact) mass is 320 g/mol. The molecule has 0 aliphatic rings. The molecule has 1 aromatic carbocycles. The van der Waals surface area contributed by atoms with E-state index in [1.54, 1.807) is 6.92 Å². The van der Waals surface area contributed by atoms with Crippen molar-refractivity contribution < 1.29 is 12.8 Å². The zero-order valence-electron chi connectivity index (χ0n) is 9.85. The molecule has 102 valence electrons. The third kappa shape index (κ3) is 3.48. The molecule has 0 aliphatic carbocycles. The summed E-state index contributed by atoms with van der Waals surface area (Å²) in [7, 11) is -3.68. The Balaban J connectivity index is 2.16. The highest BCUT2D eigenvalue weighted by atomic mass is 35.5. The van der Waals surface area contributed by atoms with Gasteiger partial charge < -0.3 is 4.42 Å². The van der Waals surface area contributed by atoms with Crippen LogP contribution in [-0.4, -0.2) is 13.4 Å². The number of benzene rings is 1. The first-order valence-corrected chi connectivity index (χ1v) is 7.48. The second-order valence-electron chi connectivity index (χ2n) is 3.77. The number of rotatable bonds is 4. The van der Waals surface area contributed by atoms with E-state index >= 15 is 0 Å². The zero-order valence-corrected chi connectivity index (χ0v) is 12.2. The van der Waals surface area contributed by atoms with Gasteiger partial charge >= 0.3 is 0 Å². The second-order valence-corrected chi connectivity index (χ2v) is 6.35. The van der Waals surface area contributed by atoms with Crippen LogP contribution >= 0.6 is 23.2 Å². The second kappa shape index (κ2) is 5.50. The quantitative estimate of drug-likeness (QED) is 0.940. The van der Waals surface area contributed by atoms with Gasteiger partial charge in [0.15, 0.2) is 0 Å². The van der Waals surface area contributed by atoms with E-state index < -0.39 is 10.0 Å². The Morgan fingerprint density at radius 2 is 2.05 bits per heavy atom. The van der Waals surface area contributed by atoms with Crippen molar-refractivity contribution in [2.75, 3.05) is 0 Å². The van der Waals surface area contributed by atoms with Crippen molar-refractivity contribution in [2.45, 2.75) is 18.4 Å². The normalized spacial score (nSPS) is 11.7. The summed E-state index contributed by atoms with van der Waals surface area (Å²) in [6, 6.07) is 4.08. The molecule has 0 saturated heterocycles. The molecule has 0 saturated carbocycles. The van der Waals surface area contributed by atoms with Gasteiger partial charge in [0.1, 0.15) is 5.76 Å². The number of hydrogen-bond donors (Lipinski definition) is 1. The maximum atomic E-state index is 12.0. The van der Waals surface area contributed by atoms with E-state index in [9.17, 15) is 8.42 Å². The molecule has 0 amide bonds. The molecular weight excluding hydrogens is 311 g/mol. The fourth-order valence-corrected chi connectivity index (χ4v) is 2.73. The number of nitrogens with one attached hydrogen (secondary N) is 1. The van der Waals surface area contributed by atoms with Crippen molar-refractivity contribution in [3.63, 3.8) is 0 Å². The Bertz CT molecular complexity index is 698. The van der Waals surface area contributed by atoms with Crippen LogP contribution in [0.25, 0.3) is 0 Å². The van der Waals surface area contributed by atoms with Gasteiger partial charge in [0, 0.05) is 0 Å². The molecule has 0 spiro atoms. The van der Waals surface area contributed by atoms with E-state index in [2.05, 4.69) is 9.71 Å². The molecule has 0 aliphatic heterocycles. The van der Waals surface area contributed by atoms with Crippen molar-refractivity contribution in [1.29, 1.82) is 0 Å². The van der Waals surface area contributed by atoms with Gasteiger partial charge in [0.2, 0.25) is 15.9 Å². The average Bonchev–Trinajstić information content (AvgIpc) is 2.76. The van der Waals surface area contributed by atoms with Crippen LogP contribution in [0.2, 0.25) is 10.0 Å². The third-order valence-electron chi connectivity index (χ3n) is 2.28. The summed E-state index contributed by atoms with van der Waals surface area (Å²) < 4.78 is 31.5. The molecule has 5 nitrogen and oxygen atoms in total. The average molecular weight is 321 g/mol. The number of halogens is 2. The largest absolute Gasteiger partial charge is 0.445 e. The first-order valence-electron chi connectivity index (χ1n) is 5.24. The van der Waals surface area contributed by atoms with Gasteiger partial charge in [0.25, 0.3) is 0 Å². The first kappa shape index (κ1) is 14.3. The predicted octanol–water partition coefficient (Wildman–Crippen LogP) is 2.77. The molecule has 0 bridgehead atoms. The van der Waals surface area contributed by atoms with Crippen LogP contribution in [-0.2, 0) is 16.6 Å². The smallest absolute Gasteiger partial charge is 0.241 e. The number of hydrogen-bond acceptors (Lipinski definition) is 4. The lowest BCUT2D eigenvalue weighted by atomic mass is 10.4. The number of aryl methyl sites for hydroxylation is 1. The van der Waals surface area contributed by atoms with Gasteiger partial charge in [-0.3, -0.25) is 0 Å². The van der Waals surface area contributed by atoms with Gasteiger partial charge in [-0.1, -0.05) is 23.2 Å². The maximum absolute atomic E-state index is 12.0. The number of nitrogens with zero attached hydrogens (tertiary/aromatic N) is 1. The van der Waals surface area contributed by atoms with Gasteiger partial charge in [-0.15, -0.1) is 0 Å². The zero-order chi connectivity index (χ0) is 14.0. The third-order valence-corrected chi connectivity index (χ3v) is 4.42. The highest BCUT2D eigenvalue weighted by Gasteiger charge is 2.16. The van der Waals surface area contributed by atoms with E-state index in [0.717, 1.165) is 0 Å². The Kier molecular flexibility index (Phi) is 4.15. The summed E-state index contributed by atoms with van der Waals surface area (Å²) in [5, 5.41) is 0.473. The predicted molar refractivity (Wildman–Crippen MR) is 71.7 cm³/mol. The Labute approximate surface area is 120 Å². The fraction of sp³-hybridized carbons (Fsp3) is 0.182. The van der Waals surface area contributed by atoms with Crippen LogP contribution in [0.3, 0.4) is 0 Å². The molecule has 19 heavy (non-hydrogen) atoms. The minimum Gasteiger partial charge on any atom is -0.445 e. The van der Waals surface area contributed by atoms with Gasteiger partial charge in [0.05, 0.1) is 27.7 Å². The van der Waals surface area contributed by atoms with E-state index in [1.807, 2.05) is 0 Å². The molecule has 1 N–H and O–H groups in total. The van der Waals surface area contributed by atoms with Crippen LogP contribution in [0.5, 0.6) is 0 Å². The molecule has 1 aromatic heterocycles. The molecule has 1 heterocycles. The molecule has 8 heteroatoms. The van der Waals surface area contributed by atoms with Gasteiger partial charge in [-0.05, 0) is 25.1 Å². The molecule has 0 atom stereocenters. The highest BCUT2D eigenvalue weighted by molar-refractivity contribution is 7.89. The lowest BCUT2D eigenvalue weighted by molar-refractivity contribution is 0.463. The minimum absolute atomic E-state index is 0.0313. The molecule has 0 unspecified atom stereocenters. The van der Waals surface area contributed by atoms with Gasteiger partial charge in [-0.2, -0.15) is 0 Å². The van der Waals surface area contributed by atoms with Crippen molar-refractivity contribution in [3.8, 4) is 0 Å². The first-order chi connectivity index (χ1) is 8.88. The van der Waals surface area contributed by atoms with E-state index in [0.29, 0.717) is 16.7 Å². The van der Waals surface area contributed by atoms with Crippen molar-refractivity contribution in [3.05, 3.63) is 46.1 Å². The fourth-order valence-electron chi connectivity index (χ4n) is 1.37. The SMILES string of the molecule is Cc1cnc(CNS(=O)(=O)c2ccc(Cl)c(Cl)c2)o1.